The fraction of sp³-hybridized carbons (Fsp3) is 0.606. The van der Waals surface area contributed by atoms with Crippen LogP contribution in [-0.2, 0) is 18.9 Å². The molecule has 4 aliphatic heterocycles. The van der Waals surface area contributed by atoms with E-state index in [-0.39, 0.29) is 29.2 Å². The number of benzene rings is 2. The maximum Gasteiger partial charge on any atom is 0.229 e. The molecule has 4 heterocycles. The quantitative estimate of drug-likeness (QED) is 0.118. The van der Waals surface area contributed by atoms with Crippen molar-refractivity contribution in [3.8, 4) is 23.0 Å². The van der Waals surface area contributed by atoms with Crippen molar-refractivity contribution < 1.29 is 94.1 Å². The third-order valence-electron chi connectivity index (χ3n) is 9.48. The molecule has 0 saturated carbocycles. The second kappa shape index (κ2) is 15.6. The van der Waals surface area contributed by atoms with Crippen LogP contribution in [0.1, 0.15) is 35.4 Å². The lowest BCUT2D eigenvalue weighted by atomic mass is 9.95. The van der Waals surface area contributed by atoms with Crippen molar-refractivity contribution in [1.82, 2.24) is 0 Å². The molecule has 0 radical (unpaired) electrons. The largest absolute Gasteiger partial charge is 0.507 e. The molecule has 19 nitrogen and oxygen atoms in total. The minimum Gasteiger partial charge on any atom is -0.507 e. The molecule has 0 spiro atoms. The maximum atomic E-state index is 13.1. The summed E-state index contributed by atoms with van der Waals surface area (Å²) in [5, 5.41) is 112. The van der Waals surface area contributed by atoms with E-state index in [4.69, 9.17) is 33.2 Å². The zero-order valence-corrected chi connectivity index (χ0v) is 27.5. The van der Waals surface area contributed by atoms with Crippen LogP contribution in [0.25, 0.3) is 0 Å². The van der Waals surface area contributed by atoms with Gasteiger partial charge in [-0.3, -0.25) is 4.79 Å². The van der Waals surface area contributed by atoms with Gasteiger partial charge < -0.3 is 89.3 Å². The van der Waals surface area contributed by atoms with E-state index in [1.165, 1.54) is 25.1 Å². The fourth-order valence-corrected chi connectivity index (χ4v) is 6.36. The number of aromatic hydroxyl groups is 1. The van der Waals surface area contributed by atoms with Crippen LogP contribution >= 0.6 is 0 Å². The van der Waals surface area contributed by atoms with Crippen LogP contribution in [0, 0.1) is 0 Å². The highest BCUT2D eigenvalue weighted by molar-refractivity contribution is 6.02. The summed E-state index contributed by atoms with van der Waals surface area (Å²) in [6, 6.07) is 8.41. The summed E-state index contributed by atoms with van der Waals surface area (Å²) in [5.74, 6) is -1.04. The average Bonchev–Trinajstić information content (AvgIpc) is 3.12. The predicted molar refractivity (Wildman–Crippen MR) is 167 cm³/mol. The number of hydrogen-bond acceptors (Lipinski definition) is 19. The third kappa shape index (κ3) is 7.56. The second-order valence-electron chi connectivity index (χ2n) is 13.1. The number of phenols is 1. The standard InChI is InChI=1S/C33H42O19/c1-11-22(37)25(40)28(43)31(47-11)46-10-20-24(39)27(42)30(45)33(52-20)49-14-6-15(35)21-16(36)8-17(50-18(21)7-14)12-2-4-13(5-3-12)48-32-29(44)26(41)23(38)19(9-34)51-32/h2-7,11,17,19-20,22-35,37-45H,8-10H2,1H3/t11-,17?,19+,20-,22+,23+,24-,25-,26+,27-,28-,29-,30-,31-,32+,33-/m1/s1. The van der Waals surface area contributed by atoms with E-state index in [9.17, 15) is 61.0 Å². The van der Waals surface area contributed by atoms with Crippen LogP contribution in [0.2, 0.25) is 0 Å². The van der Waals surface area contributed by atoms with E-state index >= 15 is 0 Å². The highest BCUT2D eigenvalue weighted by atomic mass is 16.7. The number of carbonyl (C=O) groups is 1. The van der Waals surface area contributed by atoms with Crippen molar-refractivity contribution in [3.63, 3.8) is 0 Å². The van der Waals surface area contributed by atoms with Gasteiger partial charge in [0.25, 0.3) is 0 Å². The summed E-state index contributed by atoms with van der Waals surface area (Å²) in [7, 11) is 0. The molecule has 16 atom stereocenters. The molecular weight excluding hydrogens is 700 g/mol. The lowest BCUT2D eigenvalue weighted by molar-refractivity contribution is -0.318. The molecular formula is C33H42O19. The van der Waals surface area contributed by atoms with Gasteiger partial charge in [-0.1, -0.05) is 12.1 Å². The van der Waals surface area contributed by atoms with Crippen molar-refractivity contribution in [2.45, 2.75) is 112 Å². The van der Waals surface area contributed by atoms with E-state index < -0.39 is 123 Å². The van der Waals surface area contributed by atoms with Crippen LogP contribution in [0.4, 0.5) is 0 Å². The average molecular weight is 743 g/mol. The van der Waals surface area contributed by atoms with Crippen molar-refractivity contribution in [2.24, 2.45) is 0 Å². The molecule has 6 rings (SSSR count). The zero-order valence-electron chi connectivity index (χ0n) is 27.5. The van der Waals surface area contributed by atoms with Crippen molar-refractivity contribution in [3.05, 3.63) is 47.5 Å². The molecule has 0 amide bonds. The van der Waals surface area contributed by atoms with Crippen LogP contribution in [0.3, 0.4) is 0 Å². The Hall–Kier alpha value is -3.25. The highest BCUT2D eigenvalue weighted by Crippen LogP contribution is 2.43. The molecule has 0 aromatic heterocycles. The molecule has 288 valence electrons. The van der Waals surface area contributed by atoms with Gasteiger partial charge in [-0.15, -0.1) is 0 Å². The number of rotatable bonds is 9. The molecule has 0 bridgehead atoms. The molecule has 3 saturated heterocycles. The first-order valence-corrected chi connectivity index (χ1v) is 16.5. The van der Waals surface area contributed by atoms with Gasteiger partial charge in [-0.25, -0.2) is 0 Å². The maximum absolute atomic E-state index is 13.1. The van der Waals surface area contributed by atoms with Crippen LogP contribution < -0.4 is 14.2 Å². The first kappa shape index (κ1) is 38.5. The number of aliphatic hydroxyl groups excluding tert-OH is 10. The molecule has 52 heavy (non-hydrogen) atoms. The SMILES string of the molecule is C[C@H]1O[C@@H](OC[C@H]2O[C@@H](Oc3cc(O)c4c(c3)OC(c3ccc(O[C@H]5O[C@@H](CO)[C@H](O)[C@H](O)[C@H]5O)cc3)CC4=O)[C@H](O)[C@H](O)[C@@H]2O)[C@H](O)[C@H](O)[C@H]1O. The number of aliphatic hydroxyl groups is 10. The Bertz CT molecular complexity index is 1540. The summed E-state index contributed by atoms with van der Waals surface area (Å²) in [6.07, 6.45) is -23.7. The Labute approximate surface area is 295 Å². The Kier molecular flexibility index (Phi) is 11.6. The minimum absolute atomic E-state index is 0.0815. The number of Topliss-reactive ketones (excluding diaryl/α,β-unsaturated/α-hetero) is 1. The number of fused-ring (bicyclic) bond motifs is 1. The molecule has 2 aromatic carbocycles. The van der Waals surface area contributed by atoms with Crippen LogP contribution in [0.15, 0.2) is 36.4 Å². The van der Waals surface area contributed by atoms with Gasteiger partial charge in [-0.2, -0.15) is 0 Å². The minimum atomic E-state index is -1.81. The van der Waals surface area contributed by atoms with E-state index in [0.717, 1.165) is 6.07 Å². The first-order chi connectivity index (χ1) is 24.7. The molecule has 0 aliphatic carbocycles. The van der Waals surface area contributed by atoms with Gasteiger partial charge in [0.05, 0.1) is 25.7 Å². The molecule has 2 aromatic rings. The molecule has 1 unspecified atom stereocenters. The number of hydrogen-bond donors (Lipinski definition) is 11. The summed E-state index contributed by atoms with van der Waals surface area (Å²) in [5.41, 5.74) is 0.367. The summed E-state index contributed by atoms with van der Waals surface area (Å²) in [6.45, 7) is 0.293. The summed E-state index contributed by atoms with van der Waals surface area (Å²) >= 11 is 0. The van der Waals surface area contributed by atoms with Gasteiger partial charge >= 0.3 is 0 Å². The number of ketones is 1. The smallest absolute Gasteiger partial charge is 0.229 e. The normalized spacial score (nSPS) is 40.8. The molecule has 4 aliphatic rings. The first-order valence-electron chi connectivity index (χ1n) is 16.5. The lowest BCUT2D eigenvalue weighted by Crippen LogP contribution is -2.61. The number of phenolic OH excluding ortho intramolecular Hbond substituents is 1. The highest BCUT2D eigenvalue weighted by Gasteiger charge is 2.48. The number of carbonyl (C=O) groups excluding carboxylic acids is 1. The van der Waals surface area contributed by atoms with E-state index in [0.29, 0.717) is 5.56 Å². The van der Waals surface area contributed by atoms with E-state index in [1.54, 1.807) is 12.1 Å². The van der Waals surface area contributed by atoms with E-state index in [2.05, 4.69) is 0 Å². The van der Waals surface area contributed by atoms with Gasteiger partial charge in [0.1, 0.15) is 102 Å². The van der Waals surface area contributed by atoms with Gasteiger partial charge in [0.2, 0.25) is 12.6 Å². The van der Waals surface area contributed by atoms with Crippen LogP contribution in [0.5, 0.6) is 23.0 Å². The van der Waals surface area contributed by atoms with Gasteiger partial charge in [-0.05, 0) is 24.6 Å². The summed E-state index contributed by atoms with van der Waals surface area (Å²) in [4.78, 5) is 13.1. The van der Waals surface area contributed by atoms with Crippen LogP contribution in [-0.4, -0.2) is 167 Å². The molecule has 19 heteroatoms. The Balaban J connectivity index is 1.12. The Morgan fingerprint density at radius 1 is 0.673 bits per heavy atom. The van der Waals surface area contributed by atoms with Crippen molar-refractivity contribution >= 4 is 5.78 Å². The van der Waals surface area contributed by atoms with Gasteiger partial charge in [0.15, 0.2) is 12.1 Å². The Morgan fingerprint density at radius 2 is 1.23 bits per heavy atom. The third-order valence-corrected chi connectivity index (χ3v) is 9.48. The summed E-state index contributed by atoms with van der Waals surface area (Å²) < 4.78 is 39.2. The molecule has 11 N–H and O–H groups in total. The predicted octanol–water partition coefficient (Wildman–Crippen LogP) is -3.69. The van der Waals surface area contributed by atoms with Gasteiger partial charge in [0, 0.05) is 12.1 Å². The fourth-order valence-electron chi connectivity index (χ4n) is 6.36. The lowest BCUT2D eigenvalue weighted by Gasteiger charge is -2.42. The second-order valence-corrected chi connectivity index (χ2v) is 13.1. The zero-order chi connectivity index (χ0) is 37.6. The monoisotopic (exact) mass is 742 g/mol. The molecule has 3 fully saturated rings. The Morgan fingerprint density at radius 3 is 1.87 bits per heavy atom. The van der Waals surface area contributed by atoms with Crippen molar-refractivity contribution in [1.29, 1.82) is 0 Å². The van der Waals surface area contributed by atoms with E-state index in [1.807, 2.05) is 0 Å². The van der Waals surface area contributed by atoms with Crippen molar-refractivity contribution in [2.75, 3.05) is 13.2 Å². The number of ether oxygens (including phenoxy) is 7. The topological polar surface area (TPSA) is 304 Å².